The van der Waals surface area contributed by atoms with Crippen LogP contribution in [0.1, 0.15) is 23.4 Å². The van der Waals surface area contributed by atoms with E-state index in [-0.39, 0.29) is 11.7 Å². The standard InChI is InChI=1S/C12H14BrNO2/c13-10-1-2-16-12(10)11(15)7-3-8-5-14-6-9(8)4-7/h1-2,7-9,14H,3-6H2/t7?,8-,9+. The summed E-state index contributed by atoms with van der Waals surface area (Å²) in [6.07, 6.45) is 3.60. The van der Waals surface area contributed by atoms with Crippen LogP contribution >= 0.6 is 15.9 Å². The first kappa shape index (κ1) is 10.5. The number of halogens is 1. The second kappa shape index (κ2) is 4.00. The van der Waals surface area contributed by atoms with E-state index in [2.05, 4.69) is 21.2 Å². The lowest BCUT2D eigenvalue weighted by molar-refractivity contribution is 0.0888. The van der Waals surface area contributed by atoms with Crippen molar-refractivity contribution in [3.63, 3.8) is 0 Å². The van der Waals surface area contributed by atoms with E-state index in [1.54, 1.807) is 12.3 Å². The van der Waals surface area contributed by atoms with E-state index >= 15 is 0 Å². The van der Waals surface area contributed by atoms with Crippen LogP contribution < -0.4 is 5.32 Å². The monoisotopic (exact) mass is 283 g/mol. The molecule has 2 fully saturated rings. The Bertz CT molecular complexity index is 403. The highest BCUT2D eigenvalue weighted by molar-refractivity contribution is 9.10. The predicted molar refractivity (Wildman–Crippen MR) is 63.3 cm³/mol. The Kier molecular flexibility index (Phi) is 2.64. The van der Waals surface area contributed by atoms with E-state index < -0.39 is 0 Å². The van der Waals surface area contributed by atoms with Crippen molar-refractivity contribution < 1.29 is 9.21 Å². The third-order valence-electron chi connectivity index (χ3n) is 3.87. The Morgan fingerprint density at radius 3 is 2.62 bits per heavy atom. The van der Waals surface area contributed by atoms with Gasteiger partial charge in [-0.25, -0.2) is 0 Å². The van der Waals surface area contributed by atoms with Crippen molar-refractivity contribution >= 4 is 21.7 Å². The molecule has 86 valence electrons. The van der Waals surface area contributed by atoms with Gasteiger partial charge >= 0.3 is 0 Å². The van der Waals surface area contributed by atoms with Gasteiger partial charge in [-0.3, -0.25) is 4.79 Å². The van der Waals surface area contributed by atoms with Crippen molar-refractivity contribution in [3.05, 3.63) is 22.6 Å². The Morgan fingerprint density at radius 2 is 2.06 bits per heavy atom. The Morgan fingerprint density at radius 1 is 1.38 bits per heavy atom. The molecular weight excluding hydrogens is 270 g/mol. The molecule has 0 bridgehead atoms. The van der Waals surface area contributed by atoms with E-state index in [4.69, 9.17) is 4.42 Å². The second-order valence-electron chi connectivity index (χ2n) is 4.81. The number of rotatable bonds is 2. The maximum Gasteiger partial charge on any atom is 0.202 e. The summed E-state index contributed by atoms with van der Waals surface area (Å²) in [5, 5.41) is 3.39. The van der Waals surface area contributed by atoms with Crippen molar-refractivity contribution in [3.8, 4) is 0 Å². The van der Waals surface area contributed by atoms with Gasteiger partial charge in [0.1, 0.15) is 0 Å². The van der Waals surface area contributed by atoms with Crippen LogP contribution in [0.15, 0.2) is 21.2 Å². The van der Waals surface area contributed by atoms with Gasteiger partial charge in [-0.2, -0.15) is 0 Å². The first-order valence-corrected chi connectivity index (χ1v) is 6.53. The van der Waals surface area contributed by atoms with Gasteiger partial charge in [-0.1, -0.05) is 0 Å². The highest BCUT2D eigenvalue weighted by Gasteiger charge is 2.41. The fourth-order valence-corrected chi connectivity index (χ4v) is 3.43. The third kappa shape index (κ3) is 1.64. The van der Waals surface area contributed by atoms with Crippen LogP contribution in [-0.4, -0.2) is 18.9 Å². The fraction of sp³-hybridized carbons (Fsp3) is 0.583. The van der Waals surface area contributed by atoms with Gasteiger partial charge in [0.15, 0.2) is 5.76 Å². The van der Waals surface area contributed by atoms with E-state index in [1.165, 1.54) is 0 Å². The van der Waals surface area contributed by atoms with Crippen LogP contribution in [0.4, 0.5) is 0 Å². The van der Waals surface area contributed by atoms with Gasteiger partial charge in [-0.15, -0.1) is 0 Å². The molecule has 1 aliphatic heterocycles. The first-order chi connectivity index (χ1) is 7.75. The van der Waals surface area contributed by atoms with Gasteiger partial charge < -0.3 is 9.73 Å². The topological polar surface area (TPSA) is 42.2 Å². The van der Waals surface area contributed by atoms with Gasteiger partial charge in [0.25, 0.3) is 0 Å². The van der Waals surface area contributed by atoms with E-state index in [0.29, 0.717) is 17.6 Å². The normalized spacial score (nSPS) is 32.9. The smallest absolute Gasteiger partial charge is 0.202 e. The number of carbonyl (C=O) groups is 1. The van der Waals surface area contributed by atoms with Crippen molar-refractivity contribution in [1.82, 2.24) is 5.32 Å². The van der Waals surface area contributed by atoms with Crippen molar-refractivity contribution in [2.75, 3.05) is 13.1 Å². The number of fused-ring (bicyclic) bond motifs is 1. The van der Waals surface area contributed by atoms with Crippen molar-refractivity contribution in [1.29, 1.82) is 0 Å². The number of Topliss-reactive ketones (excluding diaryl/α,β-unsaturated/α-hetero) is 1. The molecule has 0 radical (unpaired) electrons. The predicted octanol–water partition coefficient (Wildman–Crippen LogP) is 2.47. The molecule has 1 aromatic heterocycles. The Hall–Kier alpha value is -0.610. The Balaban J connectivity index is 1.75. The molecule has 4 heteroatoms. The molecule has 1 saturated carbocycles. The summed E-state index contributed by atoms with van der Waals surface area (Å²) in [5.41, 5.74) is 0. The number of hydrogen-bond donors (Lipinski definition) is 1. The number of nitrogens with one attached hydrogen (secondary N) is 1. The molecule has 1 aromatic rings. The van der Waals surface area contributed by atoms with Crippen LogP contribution in [0.5, 0.6) is 0 Å². The summed E-state index contributed by atoms with van der Waals surface area (Å²) in [6.45, 7) is 2.15. The molecule has 2 aliphatic rings. The average Bonchev–Trinajstić information content (AvgIpc) is 2.89. The van der Waals surface area contributed by atoms with Gasteiger partial charge in [0.2, 0.25) is 5.78 Å². The van der Waals surface area contributed by atoms with Crippen LogP contribution in [0.3, 0.4) is 0 Å². The van der Waals surface area contributed by atoms with E-state index in [9.17, 15) is 4.79 Å². The van der Waals surface area contributed by atoms with Crippen LogP contribution in [0.25, 0.3) is 0 Å². The summed E-state index contributed by atoms with van der Waals surface area (Å²) in [7, 11) is 0. The molecule has 3 nitrogen and oxygen atoms in total. The third-order valence-corrected chi connectivity index (χ3v) is 4.49. The number of furan rings is 1. The largest absolute Gasteiger partial charge is 0.460 e. The van der Waals surface area contributed by atoms with E-state index in [0.717, 1.165) is 30.4 Å². The van der Waals surface area contributed by atoms with Crippen molar-refractivity contribution in [2.45, 2.75) is 12.8 Å². The molecule has 0 spiro atoms. The van der Waals surface area contributed by atoms with Crippen LogP contribution in [0, 0.1) is 17.8 Å². The highest BCUT2D eigenvalue weighted by atomic mass is 79.9. The number of hydrogen-bond acceptors (Lipinski definition) is 3. The van der Waals surface area contributed by atoms with E-state index in [1.807, 2.05) is 0 Å². The molecule has 3 rings (SSSR count). The molecule has 1 unspecified atom stereocenters. The van der Waals surface area contributed by atoms with Crippen LogP contribution in [0.2, 0.25) is 0 Å². The van der Waals surface area contributed by atoms with Gasteiger partial charge in [0.05, 0.1) is 10.7 Å². The summed E-state index contributed by atoms with van der Waals surface area (Å²) in [5.74, 6) is 2.23. The summed E-state index contributed by atoms with van der Waals surface area (Å²) in [4.78, 5) is 12.2. The lowest BCUT2D eigenvalue weighted by Gasteiger charge is -2.08. The molecule has 1 saturated heterocycles. The fourth-order valence-electron chi connectivity index (χ4n) is 3.04. The molecule has 1 N–H and O–H groups in total. The lowest BCUT2D eigenvalue weighted by Crippen LogP contribution is -2.17. The number of carbonyl (C=O) groups excluding carboxylic acids is 1. The quantitative estimate of drug-likeness (QED) is 0.848. The molecule has 1 aliphatic carbocycles. The minimum absolute atomic E-state index is 0.166. The molecule has 0 amide bonds. The van der Waals surface area contributed by atoms with Crippen LogP contribution in [-0.2, 0) is 0 Å². The van der Waals surface area contributed by atoms with Gasteiger partial charge in [-0.05, 0) is 59.8 Å². The minimum atomic E-state index is 0.166. The number of ketones is 1. The zero-order valence-electron chi connectivity index (χ0n) is 8.91. The zero-order chi connectivity index (χ0) is 11.1. The summed E-state index contributed by atoms with van der Waals surface area (Å²) >= 11 is 3.35. The highest BCUT2D eigenvalue weighted by Crippen LogP contribution is 2.40. The van der Waals surface area contributed by atoms with Crippen molar-refractivity contribution in [2.24, 2.45) is 17.8 Å². The molecule has 0 aromatic carbocycles. The molecule has 2 heterocycles. The maximum absolute atomic E-state index is 12.2. The summed E-state index contributed by atoms with van der Waals surface area (Å²) in [6, 6.07) is 1.78. The average molecular weight is 284 g/mol. The molecule has 3 atom stereocenters. The second-order valence-corrected chi connectivity index (χ2v) is 5.66. The molecule has 16 heavy (non-hydrogen) atoms. The minimum Gasteiger partial charge on any atom is -0.460 e. The summed E-state index contributed by atoms with van der Waals surface area (Å²) < 4.78 is 6.03. The zero-order valence-corrected chi connectivity index (χ0v) is 10.5. The SMILES string of the molecule is O=C(c1occc1Br)C1C[C@H]2CNC[C@H]2C1. The van der Waals surface area contributed by atoms with Gasteiger partial charge in [0, 0.05) is 5.92 Å². The first-order valence-electron chi connectivity index (χ1n) is 5.73. The maximum atomic E-state index is 12.2. The Labute approximate surface area is 103 Å². The molecular formula is C12H14BrNO2. The lowest BCUT2D eigenvalue weighted by atomic mass is 9.99.